The summed E-state index contributed by atoms with van der Waals surface area (Å²) in [5.74, 6) is 0.396. The Morgan fingerprint density at radius 2 is 1.63 bits per heavy atom. The number of aromatic nitrogens is 1. The topological polar surface area (TPSA) is 71.1 Å². The summed E-state index contributed by atoms with van der Waals surface area (Å²) < 4.78 is 0. The zero-order valence-corrected chi connectivity index (χ0v) is 15.3. The van der Waals surface area contributed by atoms with E-state index in [-0.39, 0.29) is 11.7 Å². The number of amides is 1. The fraction of sp³-hybridized carbons (Fsp3) is 0.136. The van der Waals surface area contributed by atoms with Gasteiger partial charge in [0.05, 0.1) is 0 Å². The first-order valence-electron chi connectivity index (χ1n) is 8.69. The molecule has 27 heavy (non-hydrogen) atoms. The van der Waals surface area contributed by atoms with Gasteiger partial charge in [0.2, 0.25) is 0 Å². The summed E-state index contributed by atoms with van der Waals surface area (Å²) in [6.45, 7) is 4.19. The molecule has 2 aromatic carbocycles. The van der Waals surface area contributed by atoms with Crippen molar-refractivity contribution >= 4 is 23.2 Å². The number of nitrogens with one attached hydrogen (secondary N) is 2. The standard InChI is InChI=1S/C22H21N3O2/c1-15-3-5-17(6-4-15)14-24-21-13-19(11-12-23-21)22(27)25-20-9-7-18(8-10-20)16(2)26/h3-13H,14H2,1-2H3,(H,23,24)(H,25,27). The Hall–Kier alpha value is -3.47. The molecule has 1 amide bonds. The zero-order chi connectivity index (χ0) is 19.2. The van der Waals surface area contributed by atoms with Crippen molar-refractivity contribution in [3.63, 3.8) is 0 Å². The van der Waals surface area contributed by atoms with Crippen molar-refractivity contribution in [1.82, 2.24) is 4.98 Å². The molecule has 5 nitrogen and oxygen atoms in total. The van der Waals surface area contributed by atoms with E-state index in [0.717, 1.165) is 5.56 Å². The number of aryl methyl sites for hydroxylation is 1. The molecule has 1 heterocycles. The van der Waals surface area contributed by atoms with Crippen molar-refractivity contribution in [3.05, 3.63) is 89.1 Å². The first-order chi connectivity index (χ1) is 13.0. The van der Waals surface area contributed by atoms with Gasteiger partial charge in [0, 0.05) is 29.6 Å². The molecule has 0 saturated heterocycles. The highest BCUT2D eigenvalue weighted by Gasteiger charge is 2.08. The maximum Gasteiger partial charge on any atom is 0.255 e. The third-order valence-electron chi connectivity index (χ3n) is 4.17. The average Bonchev–Trinajstić information content (AvgIpc) is 2.68. The molecule has 0 bridgehead atoms. The Kier molecular flexibility index (Phi) is 5.61. The van der Waals surface area contributed by atoms with Crippen LogP contribution in [-0.4, -0.2) is 16.7 Å². The maximum absolute atomic E-state index is 12.5. The Labute approximate surface area is 158 Å². The first-order valence-corrected chi connectivity index (χ1v) is 8.69. The van der Waals surface area contributed by atoms with E-state index in [4.69, 9.17) is 0 Å². The van der Waals surface area contributed by atoms with Crippen molar-refractivity contribution in [2.24, 2.45) is 0 Å². The molecule has 0 radical (unpaired) electrons. The molecule has 0 aliphatic heterocycles. The van der Waals surface area contributed by atoms with E-state index < -0.39 is 0 Å². The molecule has 3 aromatic rings. The fourth-order valence-electron chi connectivity index (χ4n) is 2.56. The Bertz CT molecular complexity index is 948. The monoisotopic (exact) mass is 359 g/mol. The van der Waals surface area contributed by atoms with Gasteiger partial charge in [0.25, 0.3) is 5.91 Å². The number of hydrogen-bond donors (Lipinski definition) is 2. The summed E-state index contributed by atoms with van der Waals surface area (Å²) in [5.41, 5.74) is 4.11. The molecule has 0 aliphatic carbocycles. The largest absolute Gasteiger partial charge is 0.366 e. The summed E-state index contributed by atoms with van der Waals surface area (Å²) in [6, 6.07) is 18.4. The minimum Gasteiger partial charge on any atom is -0.366 e. The zero-order valence-electron chi connectivity index (χ0n) is 15.3. The Balaban J connectivity index is 1.64. The van der Waals surface area contributed by atoms with E-state index in [1.807, 2.05) is 0 Å². The lowest BCUT2D eigenvalue weighted by atomic mass is 10.1. The number of anilines is 2. The van der Waals surface area contributed by atoms with Crippen LogP contribution in [0.1, 0.15) is 38.8 Å². The van der Waals surface area contributed by atoms with Crippen LogP contribution in [0, 0.1) is 6.92 Å². The van der Waals surface area contributed by atoms with Crippen LogP contribution < -0.4 is 10.6 Å². The number of ketones is 1. The molecule has 0 spiro atoms. The molecular formula is C22H21N3O2. The second-order valence-corrected chi connectivity index (χ2v) is 6.36. The predicted octanol–water partition coefficient (Wildman–Crippen LogP) is 4.46. The summed E-state index contributed by atoms with van der Waals surface area (Å²) in [5, 5.41) is 6.06. The van der Waals surface area contributed by atoms with Crippen LogP contribution in [0.4, 0.5) is 11.5 Å². The molecule has 136 valence electrons. The van der Waals surface area contributed by atoms with Gasteiger partial charge in [-0.05, 0) is 55.8 Å². The van der Waals surface area contributed by atoms with Crippen LogP contribution in [0.25, 0.3) is 0 Å². The average molecular weight is 359 g/mol. The number of carbonyl (C=O) groups is 2. The third kappa shape index (κ3) is 5.01. The molecule has 5 heteroatoms. The van der Waals surface area contributed by atoms with Crippen LogP contribution in [0.2, 0.25) is 0 Å². The summed E-state index contributed by atoms with van der Waals surface area (Å²) >= 11 is 0. The summed E-state index contributed by atoms with van der Waals surface area (Å²) in [6.07, 6.45) is 1.60. The van der Waals surface area contributed by atoms with E-state index in [9.17, 15) is 9.59 Å². The number of carbonyl (C=O) groups excluding carboxylic acids is 2. The molecule has 1 aromatic heterocycles. The van der Waals surface area contributed by atoms with E-state index >= 15 is 0 Å². The molecule has 0 unspecified atom stereocenters. The minimum absolute atomic E-state index is 0.00805. The van der Waals surface area contributed by atoms with Crippen LogP contribution >= 0.6 is 0 Å². The number of hydrogen-bond acceptors (Lipinski definition) is 4. The van der Waals surface area contributed by atoms with Crippen molar-refractivity contribution in [2.45, 2.75) is 20.4 Å². The highest BCUT2D eigenvalue weighted by Crippen LogP contribution is 2.14. The van der Waals surface area contributed by atoms with Crippen molar-refractivity contribution in [3.8, 4) is 0 Å². The SMILES string of the molecule is CC(=O)c1ccc(NC(=O)c2ccnc(NCc3ccc(C)cc3)c2)cc1. The predicted molar refractivity (Wildman–Crippen MR) is 107 cm³/mol. The molecule has 3 rings (SSSR count). The molecule has 0 fully saturated rings. The second-order valence-electron chi connectivity index (χ2n) is 6.36. The number of nitrogens with zero attached hydrogens (tertiary/aromatic N) is 1. The van der Waals surface area contributed by atoms with Gasteiger partial charge in [-0.15, -0.1) is 0 Å². The highest BCUT2D eigenvalue weighted by molar-refractivity contribution is 6.05. The molecular weight excluding hydrogens is 338 g/mol. The van der Waals surface area contributed by atoms with Gasteiger partial charge in [-0.25, -0.2) is 4.98 Å². The third-order valence-corrected chi connectivity index (χ3v) is 4.17. The van der Waals surface area contributed by atoms with Gasteiger partial charge in [0.1, 0.15) is 5.82 Å². The van der Waals surface area contributed by atoms with Crippen LogP contribution in [0.5, 0.6) is 0 Å². The van der Waals surface area contributed by atoms with Crippen LogP contribution in [0.15, 0.2) is 66.9 Å². The van der Waals surface area contributed by atoms with E-state index in [1.54, 1.807) is 42.6 Å². The summed E-state index contributed by atoms with van der Waals surface area (Å²) in [7, 11) is 0. The van der Waals surface area contributed by atoms with Crippen molar-refractivity contribution in [1.29, 1.82) is 0 Å². The molecule has 0 aliphatic rings. The van der Waals surface area contributed by atoms with Gasteiger partial charge < -0.3 is 10.6 Å². The van der Waals surface area contributed by atoms with Crippen molar-refractivity contribution in [2.75, 3.05) is 10.6 Å². The number of pyridine rings is 1. The van der Waals surface area contributed by atoms with E-state index in [2.05, 4.69) is 46.8 Å². The van der Waals surface area contributed by atoms with E-state index in [1.165, 1.54) is 12.5 Å². The molecule has 0 atom stereocenters. The summed E-state index contributed by atoms with van der Waals surface area (Å²) in [4.78, 5) is 28.0. The van der Waals surface area contributed by atoms with E-state index in [0.29, 0.717) is 29.2 Å². The number of Topliss-reactive ketones (excluding diaryl/α,β-unsaturated/α-hetero) is 1. The lowest BCUT2D eigenvalue weighted by Gasteiger charge is -2.09. The maximum atomic E-state index is 12.5. The lowest BCUT2D eigenvalue weighted by molar-refractivity contribution is 0.101. The number of benzene rings is 2. The van der Waals surface area contributed by atoms with Gasteiger partial charge in [-0.1, -0.05) is 29.8 Å². The lowest BCUT2D eigenvalue weighted by Crippen LogP contribution is -2.13. The Morgan fingerprint density at radius 1 is 0.926 bits per heavy atom. The van der Waals surface area contributed by atoms with Gasteiger partial charge >= 0.3 is 0 Å². The fourth-order valence-corrected chi connectivity index (χ4v) is 2.56. The first kappa shape index (κ1) is 18.3. The van der Waals surface area contributed by atoms with Gasteiger partial charge in [-0.3, -0.25) is 9.59 Å². The second kappa shape index (κ2) is 8.27. The number of rotatable bonds is 6. The quantitative estimate of drug-likeness (QED) is 0.638. The normalized spacial score (nSPS) is 10.3. The molecule has 0 saturated carbocycles. The Morgan fingerprint density at radius 3 is 2.30 bits per heavy atom. The minimum atomic E-state index is -0.230. The van der Waals surface area contributed by atoms with Gasteiger partial charge in [-0.2, -0.15) is 0 Å². The van der Waals surface area contributed by atoms with Crippen LogP contribution in [-0.2, 0) is 6.54 Å². The highest BCUT2D eigenvalue weighted by atomic mass is 16.1. The van der Waals surface area contributed by atoms with Crippen molar-refractivity contribution < 1.29 is 9.59 Å². The smallest absolute Gasteiger partial charge is 0.255 e. The van der Waals surface area contributed by atoms with Crippen LogP contribution in [0.3, 0.4) is 0 Å². The van der Waals surface area contributed by atoms with Gasteiger partial charge in [0.15, 0.2) is 5.78 Å². The molecule has 2 N–H and O–H groups in total.